The van der Waals surface area contributed by atoms with E-state index in [-0.39, 0.29) is 11.8 Å². The quantitative estimate of drug-likeness (QED) is 0.379. The van der Waals surface area contributed by atoms with E-state index in [1.54, 1.807) is 35.2 Å². The van der Waals surface area contributed by atoms with Crippen LogP contribution in [0.15, 0.2) is 97.2 Å². The second-order valence-corrected chi connectivity index (χ2v) is 8.75. The number of anilines is 1. The number of para-hydroxylation sites is 1. The lowest BCUT2D eigenvalue weighted by atomic mass is 10.1. The van der Waals surface area contributed by atoms with Gasteiger partial charge in [-0.2, -0.15) is 5.10 Å². The molecular weight excluding hydrogens is 464 g/mol. The number of carbonyl (C=O) groups is 2. The number of hydrogen-bond acceptors (Lipinski definition) is 4. The molecule has 0 unspecified atom stereocenters. The molecule has 1 aliphatic rings. The van der Waals surface area contributed by atoms with Crippen LogP contribution in [0, 0.1) is 0 Å². The number of morpholine rings is 1. The number of nitrogens with zero attached hydrogens (tertiary/aromatic N) is 3. The van der Waals surface area contributed by atoms with Crippen molar-refractivity contribution in [3.63, 3.8) is 0 Å². The maximum atomic E-state index is 13.0. The van der Waals surface area contributed by atoms with Crippen molar-refractivity contribution >= 4 is 23.6 Å². The molecule has 7 nitrogen and oxygen atoms in total. The first-order valence-electron chi connectivity index (χ1n) is 12.3. The van der Waals surface area contributed by atoms with E-state index in [2.05, 4.69) is 17.4 Å². The molecule has 1 aliphatic heterocycles. The highest BCUT2D eigenvalue weighted by Gasteiger charge is 2.21. The van der Waals surface area contributed by atoms with Crippen LogP contribution in [0.5, 0.6) is 0 Å². The Labute approximate surface area is 216 Å². The molecule has 0 bridgehead atoms. The summed E-state index contributed by atoms with van der Waals surface area (Å²) in [6.45, 7) is 2.74. The third kappa shape index (κ3) is 6.02. The number of carbonyl (C=O) groups excluding carboxylic acids is 2. The van der Waals surface area contributed by atoms with Gasteiger partial charge >= 0.3 is 0 Å². The molecule has 0 radical (unpaired) electrons. The molecule has 0 spiro atoms. The van der Waals surface area contributed by atoms with E-state index in [0.717, 1.165) is 22.4 Å². The van der Waals surface area contributed by atoms with Crippen molar-refractivity contribution in [2.24, 2.45) is 0 Å². The van der Waals surface area contributed by atoms with Crippen molar-refractivity contribution in [1.82, 2.24) is 14.7 Å². The molecule has 0 atom stereocenters. The Morgan fingerprint density at radius 1 is 0.892 bits per heavy atom. The number of hydrogen-bond donors (Lipinski definition) is 1. The third-order valence-corrected chi connectivity index (χ3v) is 6.15. The summed E-state index contributed by atoms with van der Waals surface area (Å²) < 4.78 is 7.23. The first-order chi connectivity index (χ1) is 18.2. The highest BCUT2D eigenvalue weighted by Crippen LogP contribution is 2.24. The second-order valence-electron chi connectivity index (χ2n) is 8.75. The van der Waals surface area contributed by atoms with Crippen LogP contribution in [0.4, 0.5) is 5.69 Å². The predicted molar refractivity (Wildman–Crippen MR) is 144 cm³/mol. The largest absolute Gasteiger partial charge is 0.378 e. The van der Waals surface area contributed by atoms with Gasteiger partial charge in [-0.15, -0.1) is 0 Å². The van der Waals surface area contributed by atoms with Gasteiger partial charge in [-0.3, -0.25) is 14.3 Å². The van der Waals surface area contributed by atoms with E-state index >= 15 is 0 Å². The minimum absolute atomic E-state index is 0.114. The first-order valence-corrected chi connectivity index (χ1v) is 12.3. The first kappa shape index (κ1) is 24.2. The predicted octanol–water partition coefficient (Wildman–Crippen LogP) is 4.72. The van der Waals surface area contributed by atoms with Crippen LogP contribution < -0.4 is 5.32 Å². The van der Waals surface area contributed by atoms with E-state index in [1.807, 2.05) is 59.4 Å². The molecule has 0 aliphatic carbocycles. The zero-order valence-corrected chi connectivity index (χ0v) is 20.4. The number of ether oxygens (including phenoxy) is 1. The smallest absolute Gasteiger partial charge is 0.256 e. The third-order valence-electron chi connectivity index (χ3n) is 6.15. The number of benzene rings is 3. The fourth-order valence-electron chi connectivity index (χ4n) is 4.29. The Bertz CT molecular complexity index is 1390. The van der Waals surface area contributed by atoms with Crippen LogP contribution in [0.3, 0.4) is 0 Å². The van der Waals surface area contributed by atoms with Crippen LogP contribution in [-0.2, 0) is 16.1 Å². The maximum Gasteiger partial charge on any atom is 0.256 e. The molecule has 1 N–H and O–H groups in total. The molecular formula is C30H28N4O3. The molecule has 3 aromatic carbocycles. The van der Waals surface area contributed by atoms with Gasteiger partial charge in [0.15, 0.2) is 0 Å². The Morgan fingerprint density at radius 2 is 1.57 bits per heavy atom. The lowest BCUT2D eigenvalue weighted by Gasteiger charge is -2.27. The summed E-state index contributed by atoms with van der Waals surface area (Å²) >= 11 is 0. The van der Waals surface area contributed by atoms with Gasteiger partial charge in [0.05, 0.1) is 36.7 Å². The maximum absolute atomic E-state index is 13.0. The van der Waals surface area contributed by atoms with E-state index in [0.29, 0.717) is 44.1 Å². The van der Waals surface area contributed by atoms with Crippen LogP contribution in [0.1, 0.15) is 21.5 Å². The number of nitrogens with one attached hydrogen (secondary N) is 1. The van der Waals surface area contributed by atoms with Gasteiger partial charge in [-0.05, 0) is 23.8 Å². The standard InChI is InChI=1S/C30H28N4O3/c35-28(31-27-14-8-7-13-26(27)30(36)33-17-19-37-20-18-33)16-15-25-22-34(21-23-9-3-1-4-10-23)32-29(25)24-11-5-2-6-12-24/h1-16,22H,17-21H2,(H,31,35)/b16-15+. The Hall–Kier alpha value is -4.49. The zero-order valence-electron chi connectivity index (χ0n) is 20.4. The molecule has 186 valence electrons. The van der Waals surface area contributed by atoms with E-state index in [1.165, 1.54) is 6.08 Å². The van der Waals surface area contributed by atoms with Crippen molar-refractivity contribution < 1.29 is 14.3 Å². The summed E-state index contributed by atoms with van der Waals surface area (Å²) in [5, 5.41) is 7.68. The summed E-state index contributed by atoms with van der Waals surface area (Å²) in [5.41, 5.74) is 4.68. The van der Waals surface area contributed by atoms with Crippen LogP contribution >= 0.6 is 0 Å². The van der Waals surface area contributed by atoms with Crippen LogP contribution in [-0.4, -0.2) is 52.8 Å². The van der Waals surface area contributed by atoms with Gasteiger partial charge in [0, 0.05) is 36.5 Å². The molecule has 1 aromatic heterocycles. The van der Waals surface area contributed by atoms with Crippen molar-refractivity contribution in [2.75, 3.05) is 31.6 Å². The molecule has 1 fully saturated rings. The SMILES string of the molecule is O=C(/C=C/c1cn(Cc2ccccc2)nc1-c1ccccc1)Nc1ccccc1C(=O)N1CCOCC1. The summed E-state index contributed by atoms with van der Waals surface area (Å²) in [5.74, 6) is -0.436. The van der Waals surface area contributed by atoms with Crippen LogP contribution in [0.2, 0.25) is 0 Å². The van der Waals surface area contributed by atoms with Gasteiger partial charge in [-0.25, -0.2) is 0 Å². The van der Waals surface area contributed by atoms with Crippen molar-refractivity contribution in [3.05, 3.63) is 114 Å². The van der Waals surface area contributed by atoms with E-state index in [4.69, 9.17) is 9.84 Å². The fraction of sp³-hybridized carbons (Fsp3) is 0.167. The van der Waals surface area contributed by atoms with Crippen molar-refractivity contribution in [2.45, 2.75) is 6.54 Å². The van der Waals surface area contributed by atoms with Gasteiger partial charge in [0.2, 0.25) is 5.91 Å². The summed E-state index contributed by atoms with van der Waals surface area (Å²) in [6, 6.07) is 27.1. The summed E-state index contributed by atoms with van der Waals surface area (Å²) in [7, 11) is 0. The molecule has 4 aromatic rings. The summed E-state index contributed by atoms with van der Waals surface area (Å²) in [6.07, 6.45) is 5.18. The molecule has 7 heteroatoms. The number of rotatable bonds is 7. The molecule has 37 heavy (non-hydrogen) atoms. The lowest BCUT2D eigenvalue weighted by molar-refractivity contribution is -0.111. The van der Waals surface area contributed by atoms with Gasteiger partial charge in [-0.1, -0.05) is 72.8 Å². The summed E-state index contributed by atoms with van der Waals surface area (Å²) in [4.78, 5) is 27.7. The topological polar surface area (TPSA) is 76.5 Å². The zero-order chi connectivity index (χ0) is 25.5. The minimum Gasteiger partial charge on any atom is -0.378 e. The highest BCUT2D eigenvalue weighted by atomic mass is 16.5. The molecule has 2 heterocycles. The molecule has 2 amide bonds. The van der Waals surface area contributed by atoms with Gasteiger partial charge in [0.1, 0.15) is 0 Å². The van der Waals surface area contributed by atoms with E-state index in [9.17, 15) is 9.59 Å². The minimum atomic E-state index is -0.322. The van der Waals surface area contributed by atoms with Crippen molar-refractivity contribution in [3.8, 4) is 11.3 Å². The Balaban J connectivity index is 1.36. The monoisotopic (exact) mass is 492 g/mol. The number of aromatic nitrogens is 2. The lowest BCUT2D eigenvalue weighted by Crippen LogP contribution is -2.41. The molecule has 5 rings (SSSR count). The fourth-order valence-corrected chi connectivity index (χ4v) is 4.29. The number of amides is 2. The highest BCUT2D eigenvalue weighted by molar-refractivity contribution is 6.07. The molecule has 1 saturated heterocycles. The average molecular weight is 493 g/mol. The van der Waals surface area contributed by atoms with Crippen molar-refractivity contribution in [1.29, 1.82) is 0 Å². The Morgan fingerprint density at radius 3 is 2.32 bits per heavy atom. The Kier molecular flexibility index (Phi) is 7.52. The van der Waals surface area contributed by atoms with Crippen LogP contribution in [0.25, 0.3) is 17.3 Å². The normalized spacial score (nSPS) is 13.6. The average Bonchev–Trinajstić information content (AvgIpc) is 3.36. The molecule has 0 saturated carbocycles. The van der Waals surface area contributed by atoms with Gasteiger partial charge in [0.25, 0.3) is 5.91 Å². The second kappa shape index (κ2) is 11.5. The van der Waals surface area contributed by atoms with Gasteiger partial charge < -0.3 is 15.0 Å². The van der Waals surface area contributed by atoms with E-state index < -0.39 is 0 Å².